The first-order valence-corrected chi connectivity index (χ1v) is 7.83. The summed E-state index contributed by atoms with van der Waals surface area (Å²) in [6.07, 6.45) is 14.1. The van der Waals surface area contributed by atoms with Gasteiger partial charge in [0.15, 0.2) is 5.78 Å². The van der Waals surface area contributed by atoms with E-state index in [4.69, 9.17) is 0 Å². The predicted molar refractivity (Wildman–Crippen MR) is 79.5 cm³/mol. The maximum absolute atomic E-state index is 11.9. The molecule has 0 bridgehead atoms. The molecule has 0 unspecified atom stereocenters. The van der Waals surface area contributed by atoms with E-state index in [0.29, 0.717) is 6.42 Å². The van der Waals surface area contributed by atoms with Gasteiger partial charge in [-0.15, -0.1) is 0 Å². The van der Waals surface area contributed by atoms with E-state index in [2.05, 4.69) is 18.9 Å². The van der Waals surface area contributed by atoms with Crippen LogP contribution in [0.3, 0.4) is 0 Å². The fourth-order valence-corrected chi connectivity index (χ4v) is 2.25. The lowest BCUT2D eigenvalue weighted by Gasteiger charge is -2.00. The van der Waals surface area contributed by atoms with E-state index in [1.54, 1.807) is 6.20 Å². The zero-order valence-corrected chi connectivity index (χ0v) is 12.5. The molecule has 3 nitrogen and oxygen atoms in total. The van der Waals surface area contributed by atoms with Gasteiger partial charge in [-0.1, -0.05) is 52.4 Å². The van der Waals surface area contributed by atoms with E-state index in [1.165, 1.54) is 38.5 Å². The van der Waals surface area contributed by atoms with E-state index < -0.39 is 0 Å². The Hall–Kier alpha value is -1.12. The molecule has 0 saturated heterocycles. The highest BCUT2D eigenvalue weighted by Gasteiger charge is 2.07. The first-order chi connectivity index (χ1) is 9.27. The molecule has 0 N–H and O–H groups in total. The minimum Gasteiger partial charge on any atom is -0.294 e. The first-order valence-electron chi connectivity index (χ1n) is 7.83. The molecule has 108 valence electrons. The summed E-state index contributed by atoms with van der Waals surface area (Å²) in [7, 11) is 0. The van der Waals surface area contributed by atoms with Crippen LogP contribution in [0.4, 0.5) is 0 Å². The standard InChI is InChI=1S/C16H28N2O/c1-3-5-6-7-8-9-10-11-16(19)15-13-17-18(14-15)12-4-2/h13-14H,3-12H2,1-2H3. The second-order valence-electron chi connectivity index (χ2n) is 5.29. The molecule has 0 radical (unpaired) electrons. The number of rotatable bonds is 11. The van der Waals surface area contributed by atoms with Gasteiger partial charge in [-0.3, -0.25) is 9.48 Å². The summed E-state index contributed by atoms with van der Waals surface area (Å²) in [6, 6.07) is 0. The SMILES string of the molecule is CCCCCCCCCC(=O)c1cnn(CCC)c1. The molecule has 0 spiro atoms. The number of nitrogens with zero attached hydrogens (tertiary/aromatic N) is 2. The molecule has 1 heterocycles. The highest BCUT2D eigenvalue weighted by molar-refractivity contribution is 5.95. The van der Waals surface area contributed by atoms with Crippen LogP contribution in [0.25, 0.3) is 0 Å². The van der Waals surface area contributed by atoms with Crippen molar-refractivity contribution >= 4 is 5.78 Å². The second-order valence-corrected chi connectivity index (χ2v) is 5.29. The normalized spacial score (nSPS) is 10.8. The lowest BCUT2D eigenvalue weighted by atomic mass is 10.1. The van der Waals surface area contributed by atoms with Gasteiger partial charge in [-0.05, 0) is 12.8 Å². The van der Waals surface area contributed by atoms with E-state index in [1.807, 2.05) is 10.9 Å². The van der Waals surface area contributed by atoms with Crippen LogP contribution in [0.2, 0.25) is 0 Å². The molecule has 1 rings (SSSR count). The molecular weight excluding hydrogens is 236 g/mol. The Morgan fingerprint density at radius 1 is 1.05 bits per heavy atom. The lowest BCUT2D eigenvalue weighted by Crippen LogP contribution is -1.99. The topological polar surface area (TPSA) is 34.9 Å². The summed E-state index contributed by atoms with van der Waals surface area (Å²) in [5, 5.41) is 4.20. The van der Waals surface area contributed by atoms with Crippen LogP contribution >= 0.6 is 0 Å². The molecule has 1 aromatic heterocycles. The molecule has 19 heavy (non-hydrogen) atoms. The molecule has 0 amide bonds. The molecule has 0 aliphatic carbocycles. The first kappa shape index (κ1) is 15.9. The summed E-state index contributed by atoms with van der Waals surface area (Å²) in [5.41, 5.74) is 0.777. The Labute approximate surface area is 117 Å². The Kier molecular flexibility index (Phi) is 8.19. The van der Waals surface area contributed by atoms with Gasteiger partial charge >= 0.3 is 0 Å². The van der Waals surface area contributed by atoms with E-state index in [-0.39, 0.29) is 5.78 Å². The largest absolute Gasteiger partial charge is 0.294 e. The molecular formula is C16H28N2O. The number of Topliss-reactive ketones (excluding diaryl/α,β-unsaturated/α-hetero) is 1. The highest BCUT2D eigenvalue weighted by Crippen LogP contribution is 2.11. The fraction of sp³-hybridized carbons (Fsp3) is 0.750. The number of hydrogen-bond acceptors (Lipinski definition) is 2. The summed E-state index contributed by atoms with van der Waals surface area (Å²) in [5.74, 6) is 0.246. The molecule has 0 aliphatic rings. The van der Waals surface area contributed by atoms with Crippen molar-refractivity contribution in [3.05, 3.63) is 18.0 Å². The highest BCUT2D eigenvalue weighted by atomic mass is 16.1. The molecule has 0 aliphatic heterocycles. The maximum Gasteiger partial charge on any atom is 0.166 e. The summed E-state index contributed by atoms with van der Waals surface area (Å²) < 4.78 is 1.86. The van der Waals surface area contributed by atoms with Crippen LogP contribution in [-0.2, 0) is 6.54 Å². The van der Waals surface area contributed by atoms with Crippen molar-refractivity contribution in [2.45, 2.75) is 78.2 Å². The van der Waals surface area contributed by atoms with Gasteiger partial charge in [0.1, 0.15) is 0 Å². The van der Waals surface area contributed by atoms with E-state index in [9.17, 15) is 4.79 Å². The summed E-state index contributed by atoms with van der Waals surface area (Å²) >= 11 is 0. The summed E-state index contributed by atoms with van der Waals surface area (Å²) in [6.45, 7) is 5.24. The van der Waals surface area contributed by atoms with Crippen molar-refractivity contribution in [2.24, 2.45) is 0 Å². The van der Waals surface area contributed by atoms with Gasteiger partial charge in [-0.2, -0.15) is 5.10 Å². The minimum atomic E-state index is 0.246. The molecule has 3 heteroatoms. The lowest BCUT2D eigenvalue weighted by molar-refractivity contribution is 0.0979. The zero-order valence-electron chi connectivity index (χ0n) is 12.5. The number of carbonyl (C=O) groups is 1. The van der Waals surface area contributed by atoms with Crippen LogP contribution in [0.15, 0.2) is 12.4 Å². The van der Waals surface area contributed by atoms with Crippen LogP contribution in [-0.4, -0.2) is 15.6 Å². The molecule has 0 aromatic carbocycles. The average molecular weight is 264 g/mol. The van der Waals surface area contributed by atoms with Crippen molar-refractivity contribution in [1.82, 2.24) is 9.78 Å². The van der Waals surface area contributed by atoms with Gasteiger partial charge in [0.05, 0.1) is 11.8 Å². The number of ketones is 1. The smallest absolute Gasteiger partial charge is 0.166 e. The van der Waals surface area contributed by atoms with Crippen molar-refractivity contribution < 1.29 is 4.79 Å². The van der Waals surface area contributed by atoms with Crippen molar-refractivity contribution in [3.63, 3.8) is 0 Å². The number of hydrogen-bond donors (Lipinski definition) is 0. The van der Waals surface area contributed by atoms with Crippen LogP contribution < -0.4 is 0 Å². The third-order valence-corrected chi connectivity index (χ3v) is 3.42. The number of carbonyl (C=O) groups excluding carboxylic acids is 1. The van der Waals surface area contributed by atoms with Crippen LogP contribution in [0.5, 0.6) is 0 Å². The Morgan fingerprint density at radius 2 is 1.74 bits per heavy atom. The molecule has 0 atom stereocenters. The Balaban J connectivity index is 2.13. The summed E-state index contributed by atoms with van der Waals surface area (Å²) in [4.78, 5) is 11.9. The van der Waals surface area contributed by atoms with Gasteiger partial charge < -0.3 is 0 Å². The van der Waals surface area contributed by atoms with Crippen LogP contribution in [0.1, 0.15) is 82.0 Å². The monoisotopic (exact) mass is 264 g/mol. The van der Waals surface area contributed by atoms with Crippen molar-refractivity contribution in [3.8, 4) is 0 Å². The Bertz CT molecular complexity index is 357. The van der Waals surface area contributed by atoms with Crippen molar-refractivity contribution in [1.29, 1.82) is 0 Å². The second kappa shape index (κ2) is 9.76. The van der Waals surface area contributed by atoms with Gasteiger partial charge in [0.25, 0.3) is 0 Å². The maximum atomic E-state index is 11.9. The van der Waals surface area contributed by atoms with E-state index >= 15 is 0 Å². The van der Waals surface area contributed by atoms with Gasteiger partial charge in [0, 0.05) is 19.2 Å². The van der Waals surface area contributed by atoms with Crippen molar-refractivity contribution in [2.75, 3.05) is 0 Å². The van der Waals surface area contributed by atoms with Crippen LogP contribution in [0, 0.1) is 0 Å². The quantitative estimate of drug-likeness (QED) is 0.432. The van der Waals surface area contributed by atoms with Gasteiger partial charge in [0.2, 0.25) is 0 Å². The molecule has 0 fully saturated rings. The third-order valence-electron chi connectivity index (χ3n) is 3.42. The third kappa shape index (κ3) is 6.55. The number of aryl methyl sites for hydroxylation is 1. The molecule has 0 saturated carbocycles. The number of aromatic nitrogens is 2. The fourth-order valence-electron chi connectivity index (χ4n) is 2.25. The zero-order chi connectivity index (χ0) is 13.9. The Morgan fingerprint density at radius 3 is 2.42 bits per heavy atom. The minimum absolute atomic E-state index is 0.246. The number of unbranched alkanes of at least 4 members (excludes halogenated alkanes) is 6. The van der Waals surface area contributed by atoms with Gasteiger partial charge in [-0.25, -0.2) is 0 Å². The predicted octanol–water partition coefficient (Wildman–Crippen LogP) is 4.62. The average Bonchev–Trinajstić information content (AvgIpc) is 2.87. The molecule has 1 aromatic rings. The van der Waals surface area contributed by atoms with E-state index in [0.717, 1.165) is 24.9 Å².